The predicted molar refractivity (Wildman–Crippen MR) is 204 cm³/mol. The molecule has 0 aliphatic heterocycles. The van der Waals surface area contributed by atoms with E-state index < -0.39 is 13.3 Å². The molecule has 272 valence electrons. The molecule has 0 amide bonds. The van der Waals surface area contributed by atoms with Gasteiger partial charge in [0.15, 0.2) is 17.3 Å². The van der Waals surface area contributed by atoms with Crippen molar-refractivity contribution >= 4 is 18.8 Å². The van der Waals surface area contributed by atoms with E-state index in [2.05, 4.69) is 0 Å². The van der Waals surface area contributed by atoms with Gasteiger partial charge >= 0.3 is 7.82 Å². The molecule has 0 radical (unpaired) electrons. The van der Waals surface area contributed by atoms with Crippen LogP contribution in [-0.2, 0) is 31.0 Å². The van der Waals surface area contributed by atoms with Gasteiger partial charge in [-0.3, -0.25) is 14.6 Å². The standard InChI is InChI=1S/C43H35O10P/c44-39-38-35(48-26-30-14-5-1-6-15-30)22-13-23-36(38)52-40(33-20-11-4-12-21-33)43(39)51-29-34-24-25-37(49-27-31-16-7-2-8-17-31)42(41(34)53-54(45,46)47)50-28-32-18-9-3-10-19-32/h1-25H,26-29H2,(H2,45,46,47). The lowest BCUT2D eigenvalue weighted by Gasteiger charge is -2.20. The smallest absolute Gasteiger partial charge is 0.488 e. The van der Waals surface area contributed by atoms with Crippen molar-refractivity contribution in [1.82, 2.24) is 0 Å². The van der Waals surface area contributed by atoms with Crippen LogP contribution in [0.3, 0.4) is 0 Å². The fourth-order valence-corrected chi connectivity index (χ4v) is 6.18. The second kappa shape index (κ2) is 16.6. The molecule has 0 aliphatic rings. The number of ether oxygens (including phenoxy) is 4. The molecule has 0 saturated carbocycles. The van der Waals surface area contributed by atoms with Gasteiger partial charge in [-0.2, -0.15) is 0 Å². The van der Waals surface area contributed by atoms with Crippen molar-refractivity contribution in [2.24, 2.45) is 0 Å². The molecule has 0 spiro atoms. The van der Waals surface area contributed by atoms with Crippen LogP contribution in [0.5, 0.6) is 28.7 Å². The molecule has 6 aromatic carbocycles. The molecular weight excluding hydrogens is 707 g/mol. The lowest BCUT2D eigenvalue weighted by Crippen LogP contribution is -2.12. The van der Waals surface area contributed by atoms with Gasteiger partial charge in [0.1, 0.15) is 43.1 Å². The van der Waals surface area contributed by atoms with Crippen LogP contribution in [0.1, 0.15) is 22.3 Å². The Morgan fingerprint density at radius 3 is 1.59 bits per heavy atom. The number of rotatable bonds is 15. The molecule has 1 heterocycles. The first-order valence-corrected chi connectivity index (χ1v) is 18.5. The predicted octanol–water partition coefficient (Wildman–Crippen LogP) is 9.25. The topological polar surface area (TPSA) is 134 Å². The average molecular weight is 743 g/mol. The number of benzene rings is 6. The van der Waals surface area contributed by atoms with Crippen molar-refractivity contribution in [3.63, 3.8) is 0 Å². The zero-order valence-electron chi connectivity index (χ0n) is 28.9. The summed E-state index contributed by atoms with van der Waals surface area (Å²) in [4.78, 5) is 34.6. The zero-order valence-corrected chi connectivity index (χ0v) is 29.8. The fraction of sp³-hybridized carbons (Fsp3) is 0.0930. The Labute approximate surface area is 311 Å². The lowest BCUT2D eigenvalue weighted by molar-refractivity contribution is 0.234. The second-order valence-electron chi connectivity index (χ2n) is 12.2. The Balaban J connectivity index is 1.29. The minimum absolute atomic E-state index is 0.0303. The van der Waals surface area contributed by atoms with Gasteiger partial charge in [-0.15, -0.1) is 0 Å². The molecular formula is C43H35O10P. The van der Waals surface area contributed by atoms with Crippen molar-refractivity contribution in [2.45, 2.75) is 26.4 Å². The van der Waals surface area contributed by atoms with Crippen LogP contribution in [0, 0.1) is 0 Å². The molecule has 0 saturated heterocycles. The van der Waals surface area contributed by atoms with Crippen LogP contribution in [0.2, 0.25) is 0 Å². The van der Waals surface area contributed by atoms with Crippen LogP contribution >= 0.6 is 7.82 Å². The van der Waals surface area contributed by atoms with Crippen molar-refractivity contribution in [2.75, 3.05) is 0 Å². The van der Waals surface area contributed by atoms with E-state index in [1.165, 1.54) is 0 Å². The number of hydrogen-bond acceptors (Lipinski definition) is 8. The number of phosphoric ester groups is 1. The Hall–Kier alpha value is -6.32. The summed E-state index contributed by atoms with van der Waals surface area (Å²) in [7, 11) is -5.16. The highest BCUT2D eigenvalue weighted by Gasteiger charge is 2.27. The molecule has 0 atom stereocenters. The number of fused-ring (bicyclic) bond motifs is 1. The van der Waals surface area contributed by atoms with Crippen molar-refractivity contribution in [3.8, 4) is 40.1 Å². The first-order valence-electron chi connectivity index (χ1n) is 17.0. The van der Waals surface area contributed by atoms with Gasteiger partial charge in [-0.1, -0.05) is 127 Å². The Morgan fingerprint density at radius 1 is 0.500 bits per heavy atom. The zero-order chi connectivity index (χ0) is 37.3. The van der Waals surface area contributed by atoms with Crippen LogP contribution < -0.4 is 28.9 Å². The molecule has 2 N–H and O–H groups in total. The summed E-state index contributed by atoms with van der Waals surface area (Å²) >= 11 is 0. The Kier molecular flexibility index (Phi) is 11.1. The summed E-state index contributed by atoms with van der Waals surface area (Å²) in [5, 5.41) is 0.173. The van der Waals surface area contributed by atoms with Gasteiger partial charge in [-0.05, 0) is 41.0 Å². The highest BCUT2D eigenvalue weighted by atomic mass is 31.2. The first kappa shape index (κ1) is 36.1. The first-order chi connectivity index (χ1) is 26.3. The summed E-state index contributed by atoms with van der Waals surface area (Å²) in [5.41, 5.74) is 3.10. The molecule has 7 rings (SSSR count). The summed E-state index contributed by atoms with van der Waals surface area (Å²) < 4.78 is 48.8. The maximum Gasteiger partial charge on any atom is 0.524 e. The van der Waals surface area contributed by atoms with Crippen LogP contribution in [0.15, 0.2) is 161 Å². The third kappa shape index (κ3) is 8.82. The fourth-order valence-electron chi connectivity index (χ4n) is 5.74. The van der Waals surface area contributed by atoms with E-state index >= 15 is 0 Å². The van der Waals surface area contributed by atoms with Gasteiger partial charge in [0.05, 0.1) is 0 Å². The van der Waals surface area contributed by atoms with E-state index in [1.54, 1.807) is 54.6 Å². The molecule has 54 heavy (non-hydrogen) atoms. The van der Waals surface area contributed by atoms with Crippen LogP contribution in [0.25, 0.3) is 22.3 Å². The summed E-state index contributed by atoms with van der Waals surface area (Å²) in [6.45, 7) is 0.00616. The quantitative estimate of drug-likeness (QED) is 0.0980. The Morgan fingerprint density at radius 2 is 1.02 bits per heavy atom. The van der Waals surface area contributed by atoms with Crippen molar-refractivity contribution in [3.05, 3.63) is 184 Å². The summed E-state index contributed by atoms with van der Waals surface area (Å²) in [5.74, 6) is 0.152. The molecule has 7 aromatic rings. The summed E-state index contributed by atoms with van der Waals surface area (Å²) in [6, 6.07) is 45.5. The Bertz CT molecular complexity index is 2430. The minimum Gasteiger partial charge on any atom is -0.488 e. The normalized spacial score (nSPS) is 11.2. The van der Waals surface area contributed by atoms with Gasteiger partial charge in [0.25, 0.3) is 0 Å². The number of phosphoric acid groups is 1. The van der Waals surface area contributed by atoms with E-state index in [0.717, 1.165) is 16.7 Å². The van der Waals surface area contributed by atoms with E-state index in [9.17, 15) is 19.1 Å². The molecule has 10 nitrogen and oxygen atoms in total. The van der Waals surface area contributed by atoms with Gasteiger partial charge in [-0.25, -0.2) is 4.57 Å². The van der Waals surface area contributed by atoms with E-state index in [0.29, 0.717) is 16.9 Å². The highest BCUT2D eigenvalue weighted by Crippen LogP contribution is 2.49. The van der Waals surface area contributed by atoms with Crippen LogP contribution in [-0.4, -0.2) is 9.79 Å². The molecule has 0 fully saturated rings. The van der Waals surface area contributed by atoms with Crippen LogP contribution in [0.4, 0.5) is 0 Å². The molecule has 0 bridgehead atoms. The minimum atomic E-state index is -5.16. The molecule has 0 aliphatic carbocycles. The van der Waals surface area contributed by atoms with Gasteiger partial charge in [0, 0.05) is 11.1 Å². The molecule has 0 unspecified atom stereocenters. The maximum absolute atomic E-state index is 14.4. The SMILES string of the molecule is O=c1c(OCc2ccc(OCc3ccccc3)c(OCc3ccccc3)c2OP(=O)(O)O)c(-c2ccccc2)oc2cccc(OCc3ccccc3)c12. The summed E-state index contributed by atoms with van der Waals surface area (Å²) in [6.07, 6.45) is 0. The lowest BCUT2D eigenvalue weighted by atomic mass is 10.1. The third-order valence-corrected chi connectivity index (χ3v) is 8.74. The molecule has 1 aromatic heterocycles. The van der Waals surface area contributed by atoms with E-state index in [-0.39, 0.29) is 66.1 Å². The average Bonchev–Trinajstić information content (AvgIpc) is 3.19. The van der Waals surface area contributed by atoms with Crippen molar-refractivity contribution in [1.29, 1.82) is 0 Å². The van der Waals surface area contributed by atoms with Gasteiger partial charge < -0.3 is 27.9 Å². The third-order valence-electron chi connectivity index (χ3n) is 8.32. The highest BCUT2D eigenvalue weighted by molar-refractivity contribution is 7.46. The maximum atomic E-state index is 14.4. The van der Waals surface area contributed by atoms with Gasteiger partial charge in [0.2, 0.25) is 16.9 Å². The molecule has 11 heteroatoms. The monoisotopic (exact) mass is 742 g/mol. The number of hydrogen-bond donors (Lipinski definition) is 2. The van der Waals surface area contributed by atoms with E-state index in [4.69, 9.17) is 27.9 Å². The second-order valence-corrected chi connectivity index (χ2v) is 13.3. The van der Waals surface area contributed by atoms with E-state index in [1.807, 2.05) is 97.1 Å². The largest absolute Gasteiger partial charge is 0.524 e. The van der Waals surface area contributed by atoms with Crippen molar-refractivity contribution < 1.29 is 42.2 Å².